The summed E-state index contributed by atoms with van der Waals surface area (Å²) >= 11 is 0. The normalized spacial score (nSPS) is 13.3. The van der Waals surface area contributed by atoms with Crippen LogP contribution < -0.4 is 14.8 Å². The Bertz CT molecular complexity index is 966. The number of ether oxygens (including phenoxy) is 2. The molecule has 4 rings (SSSR count). The van der Waals surface area contributed by atoms with Gasteiger partial charge in [0.2, 0.25) is 0 Å². The van der Waals surface area contributed by atoms with Gasteiger partial charge in [0.15, 0.2) is 11.5 Å². The standard InChI is InChI=1S/C20H20N4O3/c1-20(2,19(25)23-16-5-7-21-8-6-16)24-13-15(12-22-24)14-3-4-17-18(11-14)27-10-9-26-17/h3-8,11-13H,9-10H2,1-2H3,(H,21,23,25). The number of amides is 1. The van der Waals surface area contributed by atoms with E-state index in [1.54, 1.807) is 35.4 Å². The molecule has 7 heteroatoms. The van der Waals surface area contributed by atoms with Crippen molar-refractivity contribution in [1.29, 1.82) is 0 Å². The van der Waals surface area contributed by atoms with Crippen LogP contribution in [-0.2, 0) is 10.3 Å². The summed E-state index contributed by atoms with van der Waals surface area (Å²) in [6, 6.07) is 9.27. The van der Waals surface area contributed by atoms with Crippen molar-refractivity contribution in [2.24, 2.45) is 0 Å². The predicted molar refractivity (Wildman–Crippen MR) is 101 cm³/mol. The zero-order valence-corrected chi connectivity index (χ0v) is 15.2. The van der Waals surface area contributed by atoms with Crippen LogP contribution in [0.4, 0.5) is 5.69 Å². The van der Waals surface area contributed by atoms with Gasteiger partial charge in [0.05, 0.1) is 6.20 Å². The van der Waals surface area contributed by atoms with Gasteiger partial charge in [-0.05, 0) is 43.7 Å². The molecule has 1 aliphatic rings. The third kappa shape index (κ3) is 3.36. The summed E-state index contributed by atoms with van der Waals surface area (Å²) in [5.74, 6) is 1.31. The quantitative estimate of drug-likeness (QED) is 0.770. The number of benzene rings is 1. The van der Waals surface area contributed by atoms with Crippen LogP contribution >= 0.6 is 0 Å². The molecular weight excluding hydrogens is 344 g/mol. The number of hydrogen-bond acceptors (Lipinski definition) is 5. The maximum Gasteiger partial charge on any atom is 0.251 e. The lowest BCUT2D eigenvalue weighted by atomic mass is 10.0. The Labute approximate surface area is 156 Å². The highest BCUT2D eigenvalue weighted by Gasteiger charge is 2.31. The molecule has 0 fully saturated rings. The molecule has 0 atom stereocenters. The van der Waals surface area contributed by atoms with Gasteiger partial charge in [0, 0.05) is 29.8 Å². The molecule has 0 saturated carbocycles. The van der Waals surface area contributed by atoms with E-state index in [9.17, 15) is 4.79 Å². The fourth-order valence-electron chi connectivity index (χ4n) is 2.82. The van der Waals surface area contributed by atoms with Crippen LogP contribution in [0, 0.1) is 0 Å². The van der Waals surface area contributed by atoms with Crippen LogP contribution in [0.3, 0.4) is 0 Å². The van der Waals surface area contributed by atoms with Crippen molar-refractivity contribution in [2.75, 3.05) is 18.5 Å². The molecule has 3 aromatic rings. The Balaban J connectivity index is 1.57. The van der Waals surface area contributed by atoms with Gasteiger partial charge < -0.3 is 14.8 Å². The molecule has 1 aromatic carbocycles. The summed E-state index contributed by atoms with van der Waals surface area (Å²) < 4.78 is 12.9. The summed E-state index contributed by atoms with van der Waals surface area (Å²) in [7, 11) is 0. The van der Waals surface area contributed by atoms with Crippen molar-refractivity contribution < 1.29 is 14.3 Å². The fraction of sp³-hybridized carbons (Fsp3) is 0.250. The third-order valence-corrected chi connectivity index (χ3v) is 4.52. The highest BCUT2D eigenvalue weighted by molar-refractivity contribution is 5.96. The van der Waals surface area contributed by atoms with Crippen LogP contribution in [0.25, 0.3) is 11.1 Å². The SMILES string of the molecule is CC(C)(C(=O)Nc1ccncc1)n1cc(-c2ccc3c(c2)OCCO3)cn1. The summed E-state index contributed by atoms with van der Waals surface area (Å²) in [4.78, 5) is 16.7. The number of pyridine rings is 1. The van der Waals surface area contributed by atoms with Crippen molar-refractivity contribution in [2.45, 2.75) is 19.4 Å². The number of fused-ring (bicyclic) bond motifs is 1. The van der Waals surface area contributed by atoms with E-state index in [1.165, 1.54) is 0 Å². The summed E-state index contributed by atoms with van der Waals surface area (Å²) in [6.07, 6.45) is 6.87. The van der Waals surface area contributed by atoms with Crippen LogP contribution in [0.2, 0.25) is 0 Å². The lowest BCUT2D eigenvalue weighted by Crippen LogP contribution is -2.40. The van der Waals surface area contributed by atoms with Crippen molar-refractivity contribution in [3.63, 3.8) is 0 Å². The Hall–Kier alpha value is -3.35. The Morgan fingerprint density at radius 3 is 2.59 bits per heavy atom. The van der Waals surface area contributed by atoms with Gasteiger partial charge in [0.1, 0.15) is 18.8 Å². The highest BCUT2D eigenvalue weighted by atomic mass is 16.6. The van der Waals surface area contributed by atoms with Crippen LogP contribution in [0.15, 0.2) is 55.1 Å². The number of carbonyl (C=O) groups excluding carboxylic acids is 1. The maximum absolute atomic E-state index is 12.7. The molecule has 3 heterocycles. The van der Waals surface area contributed by atoms with Gasteiger partial charge >= 0.3 is 0 Å². The topological polar surface area (TPSA) is 78.3 Å². The molecule has 0 radical (unpaired) electrons. The first-order valence-electron chi connectivity index (χ1n) is 8.71. The Kier molecular flexibility index (Phi) is 4.27. The number of carbonyl (C=O) groups is 1. The fourth-order valence-corrected chi connectivity index (χ4v) is 2.82. The Morgan fingerprint density at radius 1 is 1.07 bits per heavy atom. The summed E-state index contributed by atoms with van der Waals surface area (Å²) in [5, 5.41) is 7.30. The molecule has 7 nitrogen and oxygen atoms in total. The molecule has 1 amide bonds. The number of anilines is 1. The average Bonchev–Trinajstić information content (AvgIpc) is 3.19. The first kappa shape index (κ1) is 17.1. The maximum atomic E-state index is 12.7. The molecule has 1 aliphatic heterocycles. The zero-order valence-electron chi connectivity index (χ0n) is 15.2. The molecule has 1 N–H and O–H groups in total. The summed E-state index contributed by atoms with van der Waals surface area (Å²) in [5.41, 5.74) is 1.69. The van der Waals surface area contributed by atoms with Gasteiger partial charge in [0.25, 0.3) is 5.91 Å². The molecule has 0 aliphatic carbocycles. The average molecular weight is 364 g/mol. The number of rotatable bonds is 4. The van der Waals surface area contributed by atoms with Crippen LogP contribution in [-0.4, -0.2) is 33.9 Å². The van der Waals surface area contributed by atoms with E-state index in [0.29, 0.717) is 18.9 Å². The molecule has 0 saturated heterocycles. The number of hydrogen-bond donors (Lipinski definition) is 1. The number of nitrogens with zero attached hydrogens (tertiary/aromatic N) is 3. The lowest BCUT2D eigenvalue weighted by molar-refractivity contribution is -0.123. The van der Waals surface area contributed by atoms with Gasteiger partial charge in [-0.25, -0.2) is 0 Å². The molecular formula is C20H20N4O3. The summed E-state index contributed by atoms with van der Waals surface area (Å²) in [6.45, 7) is 4.75. The molecule has 0 bridgehead atoms. The van der Waals surface area contributed by atoms with Gasteiger partial charge in [-0.2, -0.15) is 5.10 Å². The Morgan fingerprint density at radius 2 is 1.81 bits per heavy atom. The first-order valence-corrected chi connectivity index (χ1v) is 8.71. The van der Waals surface area contributed by atoms with Crippen LogP contribution in [0.1, 0.15) is 13.8 Å². The second-order valence-corrected chi connectivity index (χ2v) is 6.78. The van der Waals surface area contributed by atoms with E-state index < -0.39 is 5.54 Å². The second kappa shape index (κ2) is 6.75. The van der Waals surface area contributed by atoms with Gasteiger partial charge in [-0.1, -0.05) is 6.07 Å². The largest absolute Gasteiger partial charge is 0.486 e. The molecule has 2 aromatic heterocycles. The first-order chi connectivity index (χ1) is 13.0. The van der Waals surface area contributed by atoms with Gasteiger partial charge in [-0.3, -0.25) is 14.5 Å². The van der Waals surface area contributed by atoms with E-state index in [2.05, 4.69) is 15.4 Å². The highest BCUT2D eigenvalue weighted by Crippen LogP contribution is 2.34. The van der Waals surface area contributed by atoms with E-state index >= 15 is 0 Å². The minimum absolute atomic E-state index is 0.162. The van der Waals surface area contributed by atoms with Crippen molar-refractivity contribution in [3.8, 4) is 22.6 Å². The van der Waals surface area contributed by atoms with Gasteiger partial charge in [-0.15, -0.1) is 0 Å². The van der Waals surface area contributed by atoms with Crippen LogP contribution in [0.5, 0.6) is 11.5 Å². The number of nitrogens with one attached hydrogen (secondary N) is 1. The third-order valence-electron chi connectivity index (χ3n) is 4.52. The van der Waals surface area contributed by atoms with E-state index in [0.717, 1.165) is 22.6 Å². The minimum atomic E-state index is -0.866. The van der Waals surface area contributed by atoms with E-state index in [-0.39, 0.29) is 5.91 Å². The van der Waals surface area contributed by atoms with Crippen molar-refractivity contribution in [1.82, 2.24) is 14.8 Å². The second-order valence-electron chi connectivity index (χ2n) is 6.78. The molecule has 0 unspecified atom stereocenters. The molecule has 0 spiro atoms. The molecule has 138 valence electrons. The minimum Gasteiger partial charge on any atom is -0.486 e. The zero-order chi connectivity index (χ0) is 18.9. The predicted octanol–water partition coefficient (Wildman–Crippen LogP) is 3.09. The van der Waals surface area contributed by atoms with Crippen molar-refractivity contribution >= 4 is 11.6 Å². The number of aromatic nitrogens is 3. The van der Waals surface area contributed by atoms with E-state index in [4.69, 9.17) is 9.47 Å². The van der Waals surface area contributed by atoms with Crippen molar-refractivity contribution in [3.05, 3.63) is 55.1 Å². The smallest absolute Gasteiger partial charge is 0.251 e. The monoisotopic (exact) mass is 364 g/mol. The lowest BCUT2D eigenvalue weighted by Gasteiger charge is -2.24. The van der Waals surface area contributed by atoms with E-state index in [1.807, 2.05) is 38.2 Å². The molecule has 27 heavy (non-hydrogen) atoms.